The number of aryl methyl sites for hydroxylation is 2. The molecule has 0 saturated heterocycles. The van der Waals surface area contributed by atoms with Crippen LogP contribution >= 0.6 is 0 Å². The number of ether oxygens (including phenoxy) is 1. The minimum absolute atomic E-state index is 0.0383. The predicted octanol–water partition coefficient (Wildman–Crippen LogP) is 1.09. The number of rotatable bonds is 6. The van der Waals surface area contributed by atoms with Crippen LogP contribution in [0.1, 0.15) is 23.9 Å². The van der Waals surface area contributed by atoms with E-state index in [1.807, 2.05) is 0 Å². The molecule has 1 heterocycles. The van der Waals surface area contributed by atoms with Gasteiger partial charge in [-0.3, -0.25) is 0 Å². The summed E-state index contributed by atoms with van der Waals surface area (Å²) in [5.74, 6) is 0.609. The normalized spacial score (nSPS) is 14.1. The van der Waals surface area contributed by atoms with E-state index < -0.39 is 10.0 Å². The molecule has 0 N–H and O–H groups in total. The lowest BCUT2D eigenvalue weighted by atomic mass is 10.2. The largest absolute Gasteiger partial charge is 0.381 e. The van der Waals surface area contributed by atoms with Crippen molar-refractivity contribution >= 4 is 10.0 Å². The summed E-state index contributed by atoms with van der Waals surface area (Å²) in [4.78, 5) is 0. The Bertz CT molecular complexity index is 476. The fourth-order valence-electron chi connectivity index (χ4n) is 1.54. The summed E-state index contributed by atoms with van der Waals surface area (Å²) in [6.07, 6.45) is -0.331. The van der Waals surface area contributed by atoms with E-state index in [1.54, 1.807) is 27.8 Å². The SMILES string of the molecule is CO[C@H](C)CS(=O)(=O)N(C)Cc1c(C)noc1C. The lowest BCUT2D eigenvalue weighted by Crippen LogP contribution is -2.33. The number of nitrogens with zero attached hydrogens (tertiary/aromatic N) is 2. The summed E-state index contributed by atoms with van der Waals surface area (Å²) in [6.45, 7) is 5.55. The first-order chi connectivity index (χ1) is 8.27. The Morgan fingerprint density at radius 1 is 1.44 bits per heavy atom. The average molecular weight is 276 g/mol. The second-order valence-electron chi connectivity index (χ2n) is 4.38. The van der Waals surface area contributed by atoms with Gasteiger partial charge < -0.3 is 9.26 Å². The van der Waals surface area contributed by atoms with Crippen molar-refractivity contribution in [2.24, 2.45) is 0 Å². The Kier molecular flexibility index (Phi) is 4.89. The molecule has 0 fully saturated rings. The molecule has 1 aromatic rings. The van der Waals surface area contributed by atoms with Crippen LogP contribution in [-0.2, 0) is 21.3 Å². The summed E-state index contributed by atoms with van der Waals surface area (Å²) in [5.41, 5.74) is 1.53. The highest BCUT2D eigenvalue weighted by atomic mass is 32.2. The molecule has 0 spiro atoms. The first kappa shape index (κ1) is 15.1. The van der Waals surface area contributed by atoms with Crippen LogP contribution in [0.4, 0.5) is 0 Å². The van der Waals surface area contributed by atoms with Crippen molar-refractivity contribution in [3.8, 4) is 0 Å². The molecule has 1 aromatic heterocycles. The zero-order valence-corrected chi connectivity index (χ0v) is 12.2. The van der Waals surface area contributed by atoms with Gasteiger partial charge >= 0.3 is 0 Å². The highest BCUT2D eigenvalue weighted by Crippen LogP contribution is 2.16. The van der Waals surface area contributed by atoms with Crippen molar-refractivity contribution in [2.45, 2.75) is 33.4 Å². The number of sulfonamides is 1. The van der Waals surface area contributed by atoms with E-state index in [-0.39, 0.29) is 18.4 Å². The molecule has 18 heavy (non-hydrogen) atoms. The maximum absolute atomic E-state index is 12.0. The predicted molar refractivity (Wildman–Crippen MR) is 67.7 cm³/mol. The van der Waals surface area contributed by atoms with E-state index in [2.05, 4.69) is 5.16 Å². The Morgan fingerprint density at radius 2 is 2.06 bits per heavy atom. The molecular weight excluding hydrogens is 256 g/mol. The molecule has 0 radical (unpaired) electrons. The summed E-state index contributed by atoms with van der Waals surface area (Å²) < 4.78 is 35.4. The maximum Gasteiger partial charge on any atom is 0.216 e. The van der Waals surface area contributed by atoms with Crippen molar-refractivity contribution in [1.82, 2.24) is 9.46 Å². The summed E-state index contributed by atoms with van der Waals surface area (Å²) >= 11 is 0. The number of hydrogen-bond donors (Lipinski definition) is 0. The number of methoxy groups -OCH3 is 1. The smallest absolute Gasteiger partial charge is 0.216 e. The van der Waals surface area contributed by atoms with Crippen LogP contribution in [0.3, 0.4) is 0 Å². The van der Waals surface area contributed by atoms with Gasteiger partial charge in [0.15, 0.2) is 0 Å². The van der Waals surface area contributed by atoms with Crippen molar-refractivity contribution in [2.75, 3.05) is 19.9 Å². The minimum atomic E-state index is -3.34. The Morgan fingerprint density at radius 3 is 2.50 bits per heavy atom. The lowest BCUT2D eigenvalue weighted by Gasteiger charge is -2.19. The van der Waals surface area contributed by atoms with E-state index in [0.29, 0.717) is 11.5 Å². The lowest BCUT2D eigenvalue weighted by molar-refractivity contribution is 0.135. The van der Waals surface area contributed by atoms with E-state index in [1.165, 1.54) is 11.4 Å². The first-order valence-electron chi connectivity index (χ1n) is 5.66. The molecule has 0 unspecified atom stereocenters. The van der Waals surface area contributed by atoms with Gasteiger partial charge in [0.05, 0.1) is 17.6 Å². The van der Waals surface area contributed by atoms with Crippen LogP contribution in [0.15, 0.2) is 4.52 Å². The molecule has 0 amide bonds. The van der Waals surface area contributed by atoms with Crippen LogP contribution in [0.25, 0.3) is 0 Å². The van der Waals surface area contributed by atoms with E-state index >= 15 is 0 Å². The van der Waals surface area contributed by atoms with Gasteiger partial charge in [0.25, 0.3) is 0 Å². The van der Waals surface area contributed by atoms with Crippen molar-refractivity contribution in [1.29, 1.82) is 0 Å². The third kappa shape index (κ3) is 3.54. The standard InChI is InChI=1S/C11H20N2O4S/c1-8(16-5)7-18(14,15)13(4)6-11-9(2)12-17-10(11)3/h8H,6-7H2,1-5H3/t8-/m1/s1. The van der Waals surface area contributed by atoms with Crippen LogP contribution in [-0.4, -0.2) is 43.9 Å². The quantitative estimate of drug-likeness (QED) is 0.777. The molecule has 0 aliphatic rings. The van der Waals surface area contributed by atoms with Crippen LogP contribution in [0.2, 0.25) is 0 Å². The molecular formula is C11H20N2O4S. The highest BCUT2D eigenvalue weighted by Gasteiger charge is 2.23. The van der Waals surface area contributed by atoms with Gasteiger partial charge in [0, 0.05) is 26.3 Å². The number of hydrogen-bond acceptors (Lipinski definition) is 5. The molecule has 0 aromatic carbocycles. The van der Waals surface area contributed by atoms with Crippen LogP contribution in [0.5, 0.6) is 0 Å². The highest BCUT2D eigenvalue weighted by molar-refractivity contribution is 7.89. The second kappa shape index (κ2) is 5.81. The molecule has 0 aliphatic heterocycles. The first-order valence-corrected chi connectivity index (χ1v) is 7.27. The third-order valence-corrected chi connectivity index (χ3v) is 4.85. The van der Waals surface area contributed by atoms with Crippen LogP contribution < -0.4 is 0 Å². The fraction of sp³-hybridized carbons (Fsp3) is 0.727. The van der Waals surface area contributed by atoms with Gasteiger partial charge in [-0.05, 0) is 20.8 Å². The van der Waals surface area contributed by atoms with Gasteiger partial charge in [-0.2, -0.15) is 0 Å². The molecule has 0 saturated carbocycles. The van der Waals surface area contributed by atoms with Gasteiger partial charge in [-0.25, -0.2) is 12.7 Å². The maximum atomic E-state index is 12.0. The molecule has 0 bridgehead atoms. The summed E-state index contributed by atoms with van der Waals surface area (Å²) in [5, 5.41) is 3.81. The van der Waals surface area contributed by atoms with Crippen LogP contribution in [0, 0.1) is 13.8 Å². The number of aromatic nitrogens is 1. The van der Waals surface area contributed by atoms with Crippen molar-refractivity contribution < 1.29 is 17.7 Å². The fourth-order valence-corrected chi connectivity index (χ4v) is 2.85. The zero-order valence-electron chi connectivity index (χ0n) is 11.4. The molecule has 104 valence electrons. The summed E-state index contributed by atoms with van der Waals surface area (Å²) in [6, 6.07) is 0. The van der Waals surface area contributed by atoms with E-state index in [9.17, 15) is 8.42 Å². The van der Waals surface area contributed by atoms with Gasteiger partial charge in [-0.1, -0.05) is 5.16 Å². The average Bonchev–Trinajstić information content (AvgIpc) is 2.60. The Hall–Kier alpha value is -0.920. The molecule has 1 rings (SSSR count). The van der Waals surface area contributed by atoms with Crippen molar-refractivity contribution in [3.63, 3.8) is 0 Å². The Balaban J connectivity index is 2.79. The van der Waals surface area contributed by atoms with Gasteiger partial charge in [-0.15, -0.1) is 0 Å². The minimum Gasteiger partial charge on any atom is -0.381 e. The third-order valence-electron chi connectivity index (χ3n) is 2.88. The van der Waals surface area contributed by atoms with Crippen molar-refractivity contribution in [3.05, 3.63) is 17.0 Å². The van der Waals surface area contributed by atoms with Gasteiger partial charge in [0.1, 0.15) is 5.76 Å². The van der Waals surface area contributed by atoms with Gasteiger partial charge in [0.2, 0.25) is 10.0 Å². The monoisotopic (exact) mass is 276 g/mol. The Labute approximate surface area is 108 Å². The molecule has 6 nitrogen and oxygen atoms in total. The molecule has 0 aliphatic carbocycles. The second-order valence-corrected chi connectivity index (χ2v) is 6.50. The molecule has 7 heteroatoms. The van der Waals surface area contributed by atoms with E-state index in [0.717, 1.165) is 5.56 Å². The topological polar surface area (TPSA) is 72.6 Å². The molecule has 1 atom stereocenters. The zero-order chi connectivity index (χ0) is 13.9. The van der Waals surface area contributed by atoms with E-state index in [4.69, 9.17) is 9.26 Å². The summed E-state index contributed by atoms with van der Waals surface area (Å²) in [7, 11) is -0.303.